The highest BCUT2D eigenvalue weighted by Gasteiger charge is 2.19. The Morgan fingerprint density at radius 3 is 2.26 bits per heavy atom. The van der Waals surface area contributed by atoms with E-state index >= 15 is 0 Å². The summed E-state index contributed by atoms with van der Waals surface area (Å²) in [6, 6.07) is 16.0. The Bertz CT molecular complexity index is 1120. The maximum absolute atomic E-state index is 13.3. The smallest absolute Gasteiger partial charge is 0.237 e. The minimum Gasteiger partial charge on any atom is -0.372 e. The first-order valence-electron chi connectivity index (χ1n) is 11.4. The lowest BCUT2D eigenvalue weighted by Gasteiger charge is -2.21. The molecule has 0 bridgehead atoms. The van der Waals surface area contributed by atoms with Crippen LogP contribution < -0.4 is 9.80 Å². The molecule has 3 rings (SSSR count). The number of aromatic nitrogens is 3. The summed E-state index contributed by atoms with van der Waals surface area (Å²) in [5.74, 6) is 0.326. The van der Waals surface area contributed by atoms with Gasteiger partial charge in [0.25, 0.3) is 0 Å². The second-order valence-electron chi connectivity index (χ2n) is 7.49. The van der Waals surface area contributed by atoms with Gasteiger partial charge in [-0.15, -0.1) is 10.2 Å². The third-order valence-corrected chi connectivity index (χ3v) is 6.45. The van der Waals surface area contributed by atoms with Crippen LogP contribution in [0.4, 0.5) is 15.8 Å². The van der Waals surface area contributed by atoms with Crippen LogP contribution in [0.3, 0.4) is 0 Å². The molecule has 1 aromatic heterocycles. The summed E-state index contributed by atoms with van der Waals surface area (Å²) in [5, 5.41) is 18.3. The van der Waals surface area contributed by atoms with Crippen molar-refractivity contribution in [3.05, 3.63) is 54.3 Å². The Kier molecular flexibility index (Phi) is 9.05. The Hall–Kier alpha value is -3.38. The van der Waals surface area contributed by atoms with E-state index in [1.165, 1.54) is 28.8 Å². The van der Waals surface area contributed by atoms with Crippen LogP contribution in [0.25, 0.3) is 11.4 Å². The SMILES string of the molecule is CCN(CC)c1ccc(-c2nnc(SCC(=O)N(CCC#N)c3ccc(F)cc3)n2CC)cc1. The fraction of sp³-hybridized carbons (Fsp3) is 0.360. The van der Waals surface area contributed by atoms with Crippen LogP contribution in [-0.2, 0) is 11.3 Å². The fourth-order valence-electron chi connectivity index (χ4n) is 3.69. The second kappa shape index (κ2) is 12.2. The van der Waals surface area contributed by atoms with Gasteiger partial charge in [-0.2, -0.15) is 5.26 Å². The molecule has 2 aromatic carbocycles. The third kappa shape index (κ3) is 5.94. The standard InChI is InChI=1S/C25H29FN6OS/c1-4-30(5-2)21-12-8-19(9-13-21)24-28-29-25(31(24)6-3)34-18-23(33)32(17-7-16-27)22-14-10-20(26)11-15-22/h8-15H,4-7,17-18H2,1-3H3. The summed E-state index contributed by atoms with van der Waals surface area (Å²) in [6.45, 7) is 9.07. The maximum atomic E-state index is 13.3. The van der Waals surface area contributed by atoms with Gasteiger partial charge in [0.2, 0.25) is 5.91 Å². The lowest BCUT2D eigenvalue weighted by Crippen LogP contribution is -2.33. The number of carbonyl (C=O) groups excluding carboxylic acids is 1. The van der Waals surface area contributed by atoms with Gasteiger partial charge in [-0.1, -0.05) is 11.8 Å². The zero-order valence-corrected chi connectivity index (χ0v) is 20.6. The van der Waals surface area contributed by atoms with Gasteiger partial charge in [0.15, 0.2) is 11.0 Å². The molecule has 1 heterocycles. The largest absolute Gasteiger partial charge is 0.372 e. The Balaban J connectivity index is 1.75. The lowest BCUT2D eigenvalue weighted by atomic mass is 10.2. The van der Waals surface area contributed by atoms with Crippen molar-refractivity contribution in [3.63, 3.8) is 0 Å². The zero-order valence-electron chi connectivity index (χ0n) is 19.7. The first-order chi connectivity index (χ1) is 16.5. The molecule has 7 nitrogen and oxygen atoms in total. The molecule has 34 heavy (non-hydrogen) atoms. The normalized spacial score (nSPS) is 10.7. The van der Waals surface area contributed by atoms with Crippen molar-refractivity contribution >= 4 is 29.0 Å². The predicted molar refractivity (Wildman–Crippen MR) is 134 cm³/mol. The van der Waals surface area contributed by atoms with E-state index in [0.29, 0.717) is 17.4 Å². The molecule has 0 unspecified atom stereocenters. The predicted octanol–water partition coefficient (Wildman–Crippen LogP) is 4.99. The third-order valence-electron chi connectivity index (χ3n) is 5.50. The Morgan fingerprint density at radius 2 is 1.68 bits per heavy atom. The van der Waals surface area contributed by atoms with E-state index in [4.69, 9.17) is 5.26 Å². The van der Waals surface area contributed by atoms with Crippen molar-refractivity contribution in [2.45, 2.75) is 38.9 Å². The summed E-state index contributed by atoms with van der Waals surface area (Å²) in [6.07, 6.45) is 0.187. The van der Waals surface area contributed by atoms with Gasteiger partial charge in [-0.3, -0.25) is 4.79 Å². The van der Waals surface area contributed by atoms with E-state index < -0.39 is 0 Å². The quantitative estimate of drug-likeness (QED) is 0.360. The Labute approximate surface area is 204 Å². The monoisotopic (exact) mass is 480 g/mol. The molecule has 178 valence electrons. The number of anilines is 2. The minimum atomic E-state index is -0.375. The van der Waals surface area contributed by atoms with E-state index in [-0.39, 0.29) is 30.4 Å². The fourth-order valence-corrected chi connectivity index (χ4v) is 4.57. The van der Waals surface area contributed by atoms with Crippen LogP contribution in [0.1, 0.15) is 27.2 Å². The summed E-state index contributed by atoms with van der Waals surface area (Å²) < 4.78 is 15.3. The molecule has 1 amide bonds. The van der Waals surface area contributed by atoms with Gasteiger partial charge in [0.05, 0.1) is 18.2 Å². The van der Waals surface area contributed by atoms with E-state index in [1.54, 1.807) is 12.1 Å². The van der Waals surface area contributed by atoms with E-state index in [0.717, 1.165) is 30.2 Å². The van der Waals surface area contributed by atoms with Crippen LogP contribution in [0.2, 0.25) is 0 Å². The summed E-state index contributed by atoms with van der Waals surface area (Å²) in [5.41, 5.74) is 2.69. The van der Waals surface area contributed by atoms with Crippen molar-refractivity contribution in [2.24, 2.45) is 0 Å². The van der Waals surface area contributed by atoms with Gasteiger partial charge in [-0.05, 0) is 69.3 Å². The number of carbonyl (C=O) groups is 1. The molecular weight excluding hydrogens is 451 g/mol. The zero-order chi connectivity index (χ0) is 24.5. The van der Waals surface area contributed by atoms with E-state index in [2.05, 4.69) is 47.1 Å². The summed E-state index contributed by atoms with van der Waals surface area (Å²) >= 11 is 1.30. The molecular formula is C25H29FN6OS. The summed E-state index contributed by atoms with van der Waals surface area (Å²) in [4.78, 5) is 16.8. The van der Waals surface area contributed by atoms with Crippen molar-refractivity contribution in [2.75, 3.05) is 35.2 Å². The van der Waals surface area contributed by atoms with Crippen LogP contribution in [-0.4, -0.2) is 46.1 Å². The summed E-state index contributed by atoms with van der Waals surface area (Å²) in [7, 11) is 0. The second-order valence-corrected chi connectivity index (χ2v) is 8.43. The van der Waals surface area contributed by atoms with Gasteiger partial charge >= 0.3 is 0 Å². The average Bonchev–Trinajstić information content (AvgIpc) is 3.28. The molecule has 0 fully saturated rings. The lowest BCUT2D eigenvalue weighted by molar-refractivity contribution is -0.116. The highest BCUT2D eigenvalue weighted by atomic mass is 32.2. The molecule has 0 N–H and O–H groups in total. The van der Waals surface area contributed by atoms with Gasteiger partial charge in [0.1, 0.15) is 5.82 Å². The molecule has 0 saturated carbocycles. The molecule has 0 aliphatic heterocycles. The van der Waals surface area contributed by atoms with Crippen LogP contribution in [0, 0.1) is 17.1 Å². The van der Waals surface area contributed by atoms with Crippen molar-refractivity contribution < 1.29 is 9.18 Å². The van der Waals surface area contributed by atoms with Crippen molar-refractivity contribution in [1.29, 1.82) is 5.26 Å². The molecule has 0 radical (unpaired) electrons. The van der Waals surface area contributed by atoms with Crippen LogP contribution in [0.5, 0.6) is 0 Å². The van der Waals surface area contributed by atoms with Crippen LogP contribution >= 0.6 is 11.8 Å². The highest BCUT2D eigenvalue weighted by Crippen LogP contribution is 2.27. The number of nitrogens with zero attached hydrogens (tertiary/aromatic N) is 6. The number of rotatable bonds is 11. The van der Waals surface area contributed by atoms with Gasteiger partial charge in [0, 0.05) is 43.1 Å². The van der Waals surface area contributed by atoms with E-state index in [9.17, 15) is 9.18 Å². The number of hydrogen-bond acceptors (Lipinski definition) is 6. The molecule has 0 spiro atoms. The van der Waals surface area contributed by atoms with Gasteiger partial charge in [-0.25, -0.2) is 4.39 Å². The first kappa shape index (κ1) is 25.2. The number of thioether (sulfide) groups is 1. The topological polar surface area (TPSA) is 78.1 Å². The molecule has 0 aliphatic carbocycles. The number of nitriles is 1. The molecule has 9 heteroatoms. The molecule has 0 atom stereocenters. The number of amides is 1. The minimum absolute atomic E-state index is 0.127. The van der Waals surface area contributed by atoms with Crippen LogP contribution in [0.15, 0.2) is 53.7 Å². The number of hydrogen-bond donors (Lipinski definition) is 0. The average molecular weight is 481 g/mol. The molecule has 0 aliphatic rings. The molecule has 3 aromatic rings. The number of benzene rings is 2. The maximum Gasteiger partial charge on any atom is 0.237 e. The van der Waals surface area contributed by atoms with E-state index in [1.807, 2.05) is 23.6 Å². The first-order valence-corrected chi connectivity index (χ1v) is 12.3. The number of halogens is 1. The molecule has 0 saturated heterocycles. The van der Waals surface area contributed by atoms with Gasteiger partial charge < -0.3 is 14.4 Å². The van der Waals surface area contributed by atoms with Crippen molar-refractivity contribution in [1.82, 2.24) is 14.8 Å². The highest BCUT2D eigenvalue weighted by molar-refractivity contribution is 7.99. The Morgan fingerprint density at radius 1 is 1.03 bits per heavy atom. The van der Waals surface area contributed by atoms with Crippen molar-refractivity contribution in [3.8, 4) is 17.5 Å².